The van der Waals surface area contributed by atoms with Crippen molar-refractivity contribution >= 4 is 22.5 Å². The number of furan rings is 1. The van der Waals surface area contributed by atoms with Gasteiger partial charge in [0.15, 0.2) is 5.69 Å². The molecule has 0 aliphatic rings. The minimum atomic E-state index is -0.363. The predicted molar refractivity (Wildman–Crippen MR) is 110 cm³/mol. The van der Waals surface area contributed by atoms with Crippen LogP contribution in [0.2, 0.25) is 0 Å². The maximum absolute atomic E-state index is 12.2. The van der Waals surface area contributed by atoms with Crippen molar-refractivity contribution in [2.24, 2.45) is 10.2 Å². The number of nitrogens with zero attached hydrogens (tertiary/aromatic N) is 3. The van der Waals surface area contributed by atoms with Crippen LogP contribution in [0.3, 0.4) is 0 Å². The molecule has 0 saturated carbocycles. The lowest BCUT2D eigenvalue weighted by Crippen LogP contribution is -1.98. The fourth-order valence-corrected chi connectivity index (χ4v) is 3.30. The van der Waals surface area contributed by atoms with E-state index in [1.165, 1.54) is 0 Å². The van der Waals surface area contributed by atoms with Crippen LogP contribution in [0, 0.1) is 6.92 Å². The Kier molecular flexibility index (Phi) is 5.24. The SMILES string of the molecule is Cc1ccc(CCC(=O)N=Nc2c(O)n(Cc3ccccc3)c3ccccc23)o1. The van der Waals surface area contributed by atoms with Gasteiger partial charge < -0.3 is 14.1 Å². The van der Waals surface area contributed by atoms with Gasteiger partial charge in [0.25, 0.3) is 5.91 Å². The first-order chi connectivity index (χ1) is 14.1. The Balaban J connectivity index is 1.57. The number of carbonyl (C=O) groups excluding carboxylic acids is 1. The number of para-hydroxylation sites is 1. The largest absolute Gasteiger partial charge is 0.493 e. The minimum absolute atomic E-state index is 0.00624. The first kappa shape index (κ1) is 18.7. The number of hydrogen-bond acceptors (Lipinski definition) is 4. The highest BCUT2D eigenvalue weighted by molar-refractivity contribution is 5.95. The van der Waals surface area contributed by atoms with Crippen molar-refractivity contribution in [3.05, 3.63) is 83.8 Å². The molecule has 0 unspecified atom stereocenters. The molecule has 1 N–H and O–H groups in total. The van der Waals surface area contributed by atoms with E-state index in [0.717, 1.165) is 28.0 Å². The highest BCUT2D eigenvalue weighted by atomic mass is 16.3. The average Bonchev–Trinajstić information content (AvgIpc) is 3.27. The number of azo groups is 1. The van der Waals surface area contributed by atoms with E-state index in [1.54, 1.807) is 4.57 Å². The molecule has 2 aromatic carbocycles. The summed E-state index contributed by atoms with van der Waals surface area (Å²) in [4.78, 5) is 12.2. The molecule has 0 radical (unpaired) electrons. The van der Waals surface area contributed by atoms with Crippen molar-refractivity contribution in [1.29, 1.82) is 0 Å². The lowest BCUT2D eigenvalue weighted by Gasteiger charge is -2.06. The normalized spacial score (nSPS) is 11.5. The molecule has 0 fully saturated rings. The highest BCUT2D eigenvalue weighted by Crippen LogP contribution is 2.39. The zero-order valence-electron chi connectivity index (χ0n) is 16.1. The molecule has 6 heteroatoms. The van der Waals surface area contributed by atoms with Gasteiger partial charge in [-0.05, 0) is 30.7 Å². The first-order valence-electron chi connectivity index (χ1n) is 9.46. The molecule has 0 bridgehead atoms. The van der Waals surface area contributed by atoms with E-state index in [4.69, 9.17) is 4.42 Å². The summed E-state index contributed by atoms with van der Waals surface area (Å²) in [5.41, 5.74) is 2.19. The van der Waals surface area contributed by atoms with Crippen LogP contribution >= 0.6 is 0 Å². The molecule has 2 aromatic heterocycles. The second-order valence-electron chi connectivity index (χ2n) is 6.87. The number of amides is 1. The van der Waals surface area contributed by atoms with E-state index < -0.39 is 0 Å². The lowest BCUT2D eigenvalue weighted by atomic mass is 10.2. The van der Waals surface area contributed by atoms with E-state index in [2.05, 4.69) is 10.2 Å². The number of aromatic hydroxyl groups is 1. The zero-order valence-corrected chi connectivity index (χ0v) is 16.1. The summed E-state index contributed by atoms with van der Waals surface area (Å²) in [5.74, 6) is 1.19. The van der Waals surface area contributed by atoms with Crippen molar-refractivity contribution in [3.8, 4) is 5.88 Å². The molecular weight excluding hydrogens is 366 g/mol. The Bertz CT molecular complexity index is 1170. The molecule has 29 heavy (non-hydrogen) atoms. The summed E-state index contributed by atoms with van der Waals surface area (Å²) in [6.07, 6.45) is 0.660. The lowest BCUT2D eigenvalue weighted by molar-refractivity contribution is -0.118. The predicted octanol–water partition coefficient (Wildman–Crippen LogP) is 5.54. The molecule has 6 nitrogen and oxygen atoms in total. The van der Waals surface area contributed by atoms with Crippen LogP contribution in [-0.2, 0) is 17.8 Å². The molecule has 0 aliphatic heterocycles. The Morgan fingerprint density at radius 1 is 1.03 bits per heavy atom. The monoisotopic (exact) mass is 387 g/mol. The van der Waals surface area contributed by atoms with Gasteiger partial charge in [0, 0.05) is 18.2 Å². The van der Waals surface area contributed by atoms with Gasteiger partial charge in [0.2, 0.25) is 5.88 Å². The van der Waals surface area contributed by atoms with E-state index in [-0.39, 0.29) is 18.2 Å². The summed E-state index contributed by atoms with van der Waals surface area (Å²) in [5, 5.41) is 19.4. The maximum atomic E-state index is 12.2. The maximum Gasteiger partial charge on any atom is 0.265 e. The number of aromatic nitrogens is 1. The van der Waals surface area contributed by atoms with Crippen LogP contribution in [-0.4, -0.2) is 15.6 Å². The molecule has 1 amide bonds. The molecule has 4 rings (SSSR count). The molecule has 0 spiro atoms. The van der Waals surface area contributed by atoms with Gasteiger partial charge in [-0.3, -0.25) is 4.79 Å². The van der Waals surface area contributed by atoms with Gasteiger partial charge in [-0.15, -0.1) is 10.2 Å². The van der Waals surface area contributed by atoms with Gasteiger partial charge in [0.05, 0.1) is 12.1 Å². The summed E-state index contributed by atoms with van der Waals surface area (Å²) < 4.78 is 7.24. The zero-order chi connectivity index (χ0) is 20.2. The quantitative estimate of drug-likeness (QED) is 0.441. The number of aryl methyl sites for hydroxylation is 2. The van der Waals surface area contributed by atoms with Crippen molar-refractivity contribution in [3.63, 3.8) is 0 Å². The fraction of sp³-hybridized carbons (Fsp3) is 0.174. The van der Waals surface area contributed by atoms with Gasteiger partial charge >= 0.3 is 0 Å². The van der Waals surface area contributed by atoms with Gasteiger partial charge in [-0.2, -0.15) is 0 Å². The Morgan fingerprint density at radius 2 is 1.79 bits per heavy atom. The summed E-state index contributed by atoms with van der Waals surface area (Å²) in [7, 11) is 0. The summed E-state index contributed by atoms with van der Waals surface area (Å²) in [6, 6.07) is 21.1. The van der Waals surface area contributed by atoms with Crippen LogP contribution < -0.4 is 0 Å². The third kappa shape index (κ3) is 4.11. The third-order valence-corrected chi connectivity index (χ3v) is 4.74. The van der Waals surface area contributed by atoms with Crippen molar-refractivity contribution < 1.29 is 14.3 Å². The first-order valence-corrected chi connectivity index (χ1v) is 9.46. The van der Waals surface area contributed by atoms with E-state index >= 15 is 0 Å². The fourth-order valence-electron chi connectivity index (χ4n) is 3.30. The topological polar surface area (TPSA) is 80.1 Å². The van der Waals surface area contributed by atoms with E-state index in [9.17, 15) is 9.90 Å². The third-order valence-electron chi connectivity index (χ3n) is 4.74. The number of carbonyl (C=O) groups is 1. The van der Waals surface area contributed by atoms with Gasteiger partial charge in [0.1, 0.15) is 11.5 Å². The van der Waals surface area contributed by atoms with Crippen molar-refractivity contribution in [2.45, 2.75) is 26.3 Å². The molecule has 0 atom stereocenters. The number of hydrogen-bond donors (Lipinski definition) is 1. The average molecular weight is 387 g/mol. The molecular formula is C23H21N3O3. The van der Waals surface area contributed by atoms with Crippen LogP contribution in [0.5, 0.6) is 5.88 Å². The van der Waals surface area contributed by atoms with Gasteiger partial charge in [-0.1, -0.05) is 48.5 Å². The van der Waals surface area contributed by atoms with Crippen LogP contribution in [0.25, 0.3) is 10.9 Å². The molecule has 2 heterocycles. The second kappa shape index (κ2) is 8.14. The second-order valence-corrected chi connectivity index (χ2v) is 6.87. The number of benzene rings is 2. The Morgan fingerprint density at radius 3 is 2.55 bits per heavy atom. The number of fused-ring (bicyclic) bond motifs is 1. The van der Waals surface area contributed by atoms with Crippen molar-refractivity contribution in [1.82, 2.24) is 4.57 Å². The molecule has 0 aliphatic carbocycles. The summed E-state index contributed by atoms with van der Waals surface area (Å²) in [6.45, 7) is 2.35. The standard InChI is InChI=1S/C23H21N3O3/c1-16-11-12-18(29-16)13-14-21(27)24-25-22-19-9-5-6-10-20(19)26(23(22)28)15-17-7-3-2-4-8-17/h2-12,28H,13-15H2,1H3. The smallest absolute Gasteiger partial charge is 0.265 e. The van der Waals surface area contributed by atoms with Crippen LogP contribution in [0.1, 0.15) is 23.5 Å². The summed E-state index contributed by atoms with van der Waals surface area (Å²) >= 11 is 0. The molecule has 0 saturated heterocycles. The highest BCUT2D eigenvalue weighted by Gasteiger charge is 2.17. The minimum Gasteiger partial charge on any atom is -0.493 e. The van der Waals surface area contributed by atoms with Crippen LogP contribution in [0.4, 0.5) is 5.69 Å². The van der Waals surface area contributed by atoms with E-state index in [0.29, 0.717) is 18.7 Å². The molecule has 4 aromatic rings. The Hall–Kier alpha value is -3.67. The number of rotatable bonds is 6. The molecule has 146 valence electrons. The van der Waals surface area contributed by atoms with E-state index in [1.807, 2.05) is 73.7 Å². The van der Waals surface area contributed by atoms with Crippen LogP contribution in [0.15, 0.2) is 81.4 Å². The van der Waals surface area contributed by atoms with Gasteiger partial charge in [-0.25, -0.2) is 0 Å². The van der Waals surface area contributed by atoms with Crippen molar-refractivity contribution in [2.75, 3.05) is 0 Å². The Labute approximate surface area is 168 Å².